The number of rotatable bonds is 7. The Labute approximate surface area is 130 Å². The van der Waals surface area contributed by atoms with Gasteiger partial charge in [0.15, 0.2) is 9.84 Å². The number of nitrogens with zero attached hydrogens (tertiary/aromatic N) is 2. The Morgan fingerprint density at radius 1 is 0.952 bits per heavy atom. The lowest BCUT2D eigenvalue weighted by atomic mass is 10.3. The van der Waals surface area contributed by atoms with Crippen LogP contribution in [0.3, 0.4) is 0 Å². The predicted molar refractivity (Wildman–Crippen MR) is 89.3 cm³/mol. The lowest BCUT2D eigenvalue weighted by Gasteiger charge is -2.24. The molecule has 0 amide bonds. The average Bonchev–Trinajstić information content (AvgIpc) is 2.61. The molecule has 1 saturated heterocycles. The summed E-state index contributed by atoms with van der Waals surface area (Å²) in [6.07, 6.45) is 3.37. The smallest absolute Gasteiger partial charge is 0.156 e. The fourth-order valence-electron chi connectivity index (χ4n) is 2.51. The molecule has 5 nitrogen and oxygen atoms in total. The second-order valence-corrected chi connectivity index (χ2v) is 9.83. The van der Waals surface area contributed by atoms with Gasteiger partial charge in [-0.05, 0) is 66.2 Å². The third-order valence-corrected chi connectivity index (χ3v) is 6.80. The van der Waals surface area contributed by atoms with E-state index < -0.39 is 14.6 Å². The molecule has 1 heterocycles. The fraction of sp³-hybridized carbons (Fsp3) is 1.00. The summed E-state index contributed by atoms with van der Waals surface area (Å²) in [4.78, 5) is 4.78. The van der Waals surface area contributed by atoms with Gasteiger partial charge in [-0.25, -0.2) is 8.42 Å². The maximum Gasteiger partial charge on any atom is 0.156 e. The second kappa shape index (κ2) is 8.46. The first-order chi connectivity index (χ1) is 9.76. The van der Waals surface area contributed by atoms with Crippen molar-refractivity contribution in [2.75, 3.05) is 51.6 Å². The molecule has 0 spiro atoms. The van der Waals surface area contributed by atoms with Crippen molar-refractivity contribution in [3.8, 4) is 0 Å². The lowest BCUT2D eigenvalue weighted by Crippen LogP contribution is -2.38. The molecule has 1 fully saturated rings. The highest BCUT2D eigenvalue weighted by Gasteiger charge is 2.29. The SMILES string of the molecule is CC(C)(C)S(=O)(=O)CCN1CCCN(CCCCN)CC1. The van der Waals surface area contributed by atoms with Crippen molar-refractivity contribution < 1.29 is 8.42 Å². The normalized spacial score (nSPS) is 19.6. The maximum atomic E-state index is 12.2. The molecule has 0 aromatic carbocycles. The Morgan fingerprint density at radius 2 is 1.52 bits per heavy atom. The Kier molecular flexibility index (Phi) is 7.60. The monoisotopic (exact) mass is 319 g/mol. The van der Waals surface area contributed by atoms with E-state index >= 15 is 0 Å². The van der Waals surface area contributed by atoms with E-state index in [0.717, 1.165) is 58.5 Å². The van der Waals surface area contributed by atoms with E-state index in [0.29, 0.717) is 6.54 Å². The maximum absolute atomic E-state index is 12.2. The number of unbranched alkanes of at least 4 members (excludes halogenated alkanes) is 1. The van der Waals surface area contributed by atoms with Crippen LogP contribution in [0.1, 0.15) is 40.0 Å². The van der Waals surface area contributed by atoms with Crippen LogP contribution in [0.25, 0.3) is 0 Å². The predicted octanol–water partition coefficient (Wildman–Crippen LogP) is 0.946. The molecule has 0 aliphatic carbocycles. The minimum Gasteiger partial charge on any atom is -0.330 e. The molecule has 0 bridgehead atoms. The molecule has 21 heavy (non-hydrogen) atoms. The minimum atomic E-state index is -3.01. The number of sulfone groups is 1. The van der Waals surface area contributed by atoms with Crippen molar-refractivity contribution in [2.24, 2.45) is 5.73 Å². The van der Waals surface area contributed by atoms with Crippen LogP contribution in [-0.2, 0) is 9.84 Å². The van der Waals surface area contributed by atoms with Crippen LogP contribution in [0.2, 0.25) is 0 Å². The Morgan fingerprint density at radius 3 is 2.05 bits per heavy atom. The van der Waals surface area contributed by atoms with E-state index in [9.17, 15) is 8.42 Å². The standard InChI is InChI=1S/C15H33N3O2S/c1-15(2,3)21(19,20)14-13-18-10-6-9-17(11-12-18)8-5-4-7-16/h4-14,16H2,1-3H3. The van der Waals surface area contributed by atoms with Gasteiger partial charge in [-0.3, -0.25) is 0 Å². The first-order valence-electron chi connectivity index (χ1n) is 8.13. The highest BCUT2D eigenvalue weighted by molar-refractivity contribution is 7.92. The van der Waals surface area contributed by atoms with Crippen molar-refractivity contribution in [1.82, 2.24) is 9.80 Å². The number of hydrogen-bond acceptors (Lipinski definition) is 5. The molecule has 2 N–H and O–H groups in total. The molecule has 1 aliphatic heterocycles. The second-order valence-electron chi connectivity index (χ2n) is 6.96. The molecule has 1 rings (SSSR count). The molecule has 0 aromatic heterocycles. The van der Waals surface area contributed by atoms with Gasteiger partial charge in [0.2, 0.25) is 0 Å². The van der Waals surface area contributed by atoms with E-state index in [1.807, 2.05) is 0 Å². The van der Waals surface area contributed by atoms with E-state index in [-0.39, 0.29) is 5.75 Å². The largest absolute Gasteiger partial charge is 0.330 e. The summed E-state index contributed by atoms with van der Waals surface area (Å²) >= 11 is 0. The average molecular weight is 320 g/mol. The van der Waals surface area contributed by atoms with Crippen molar-refractivity contribution in [3.05, 3.63) is 0 Å². The highest BCUT2D eigenvalue weighted by atomic mass is 32.2. The third-order valence-electron chi connectivity index (χ3n) is 4.22. The van der Waals surface area contributed by atoms with E-state index in [2.05, 4.69) is 9.80 Å². The molecule has 0 aromatic rings. The molecule has 1 aliphatic rings. The number of nitrogens with two attached hydrogens (primary N) is 1. The van der Waals surface area contributed by atoms with E-state index in [1.165, 1.54) is 0 Å². The summed E-state index contributed by atoms with van der Waals surface area (Å²) in [5.74, 6) is 0.268. The zero-order valence-electron chi connectivity index (χ0n) is 14.0. The van der Waals surface area contributed by atoms with Crippen molar-refractivity contribution >= 4 is 9.84 Å². The van der Waals surface area contributed by atoms with Gasteiger partial charge in [-0.2, -0.15) is 0 Å². The fourth-order valence-corrected chi connectivity index (χ4v) is 3.62. The molecule has 6 heteroatoms. The Hall–Kier alpha value is -0.170. The molecule has 126 valence electrons. The van der Waals surface area contributed by atoms with Gasteiger partial charge >= 0.3 is 0 Å². The summed E-state index contributed by atoms with van der Waals surface area (Å²) in [5.41, 5.74) is 5.53. The lowest BCUT2D eigenvalue weighted by molar-refractivity contribution is 0.260. The summed E-state index contributed by atoms with van der Waals surface area (Å²) in [6.45, 7) is 12.0. The van der Waals surface area contributed by atoms with Crippen LogP contribution >= 0.6 is 0 Å². The molecule has 0 saturated carbocycles. The van der Waals surface area contributed by atoms with Gasteiger partial charge in [-0.15, -0.1) is 0 Å². The first kappa shape index (κ1) is 18.9. The van der Waals surface area contributed by atoms with Crippen LogP contribution in [-0.4, -0.2) is 74.5 Å². The summed E-state index contributed by atoms with van der Waals surface area (Å²) in [5, 5.41) is 0. The van der Waals surface area contributed by atoms with Crippen LogP contribution in [0.5, 0.6) is 0 Å². The highest BCUT2D eigenvalue weighted by Crippen LogP contribution is 2.16. The topological polar surface area (TPSA) is 66.6 Å². The van der Waals surface area contributed by atoms with Gasteiger partial charge in [0.25, 0.3) is 0 Å². The molecule has 0 unspecified atom stereocenters. The Bertz CT molecular complexity index is 390. The van der Waals surface area contributed by atoms with E-state index in [1.54, 1.807) is 20.8 Å². The van der Waals surface area contributed by atoms with Gasteiger partial charge in [0.1, 0.15) is 0 Å². The van der Waals surface area contributed by atoms with Gasteiger partial charge < -0.3 is 15.5 Å². The quantitative estimate of drug-likeness (QED) is 0.708. The zero-order valence-corrected chi connectivity index (χ0v) is 14.8. The molecular weight excluding hydrogens is 286 g/mol. The molecule has 0 atom stereocenters. The van der Waals surface area contributed by atoms with E-state index in [4.69, 9.17) is 5.73 Å². The van der Waals surface area contributed by atoms with Gasteiger partial charge in [0, 0.05) is 19.6 Å². The van der Waals surface area contributed by atoms with Crippen LogP contribution in [0, 0.1) is 0 Å². The van der Waals surface area contributed by atoms with Crippen LogP contribution in [0.15, 0.2) is 0 Å². The van der Waals surface area contributed by atoms with Crippen molar-refractivity contribution in [2.45, 2.75) is 44.8 Å². The number of hydrogen-bond donors (Lipinski definition) is 1. The van der Waals surface area contributed by atoms with Gasteiger partial charge in [-0.1, -0.05) is 0 Å². The van der Waals surface area contributed by atoms with Crippen LogP contribution < -0.4 is 5.73 Å². The summed E-state index contributed by atoms with van der Waals surface area (Å²) in [7, 11) is -3.01. The third kappa shape index (κ3) is 6.63. The summed E-state index contributed by atoms with van der Waals surface area (Å²) in [6, 6.07) is 0. The van der Waals surface area contributed by atoms with Crippen molar-refractivity contribution in [3.63, 3.8) is 0 Å². The molecule has 0 radical (unpaired) electrons. The molecular formula is C15H33N3O2S. The van der Waals surface area contributed by atoms with Crippen molar-refractivity contribution in [1.29, 1.82) is 0 Å². The minimum absolute atomic E-state index is 0.268. The van der Waals surface area contributed by atoms with Crippen LogP contribution in [0.4, 0.5) is 0 Å². The first-order valence-corrected chi connectivity index (χ1v) is 9.78. The Balaban J connectivity index is 2.36. The summed E-state index contributed by atoms with van der Waals surface area (Å²) < 4.78 is 23.7. The zero-order chi connectivity index (χ0) is 15.9. The van der Waals surface area contributed by atoms with Gasteiger partial charge in [0.05, 0.1) is 10.5 Å².